The Labute approximate surface area is 234 Å². The molecule has 0 aliphatic carbocycles. The molecule has 3 aromatic carbocycles. The molecule has 0 aliphatic rings. The maximum Gasteiger partial charge on any atom is 0.251 e. The van der Waals surface area contributed by atoms with Crippen molar-refractivity contribution in [2.45, 2.75) is 32.8 Å². The average molecular weight is 536 g/mol. The smallest absolute Gasteiger partial charge is 0.251 e. The number of fused-ring (bicyclic) bond motifs is 1. The van der Waals surface area contributed by atoms with E-state index in [4.69, 9.17) is 14.5 Å². The Kier molecular flexibility index (Phi) is 7.79. The zero-order valence-corrected chi connectivity index (χ0v) is 23.1. The van der Waals surface area contributed by atoms with E-state index in [0.29, 0.717) is 23.9 Å². The van der Waals surface area contributed by atoms with Crippen LogP contribution < -0.4 is 15.4 Å². The van der Waals surface area contributed by atoms with Crippen molar-refractivity contribution in [1.82, 2.24) is 14.5 Å². The van der Waals surface area contributed by atoms with Gasteiger partial charge < -0.3 is 24.7 Å². The van der Waals surface area contributed by atoms with Crippen LogP contribution in [0.2, 0.25) is 0 Å². The number of pyridine rings is 1. The first-order valence-electron chi connectivity index (χ1n) is 13.1. The number of benzene rings is 3. The molecule has 0 bridgehead atoms. The first-order valence-corrected chi connectivity index (χ1v) is 13.1. The van der Waals surface area contributed by atoms with Crippen LogP contribution in [-0.2, 0) is 28.6 Å². The molecule has 2 aromatic heterocycles. The molecule has 5 rings (SSSR count). The number of ether oxygens (including phenoxy) is 2. The highest BCUT2D eigenvalue weighted by Crippen LogP contribution is 2.30. The molecular weight excluding hydrogens is 502 g/mol. The van der Waals surface area contributed by atoms with Crippen molar-refractivity contribution in [3.8, 4) is 11.5 Å². The van der Waals surface area contributed by atoms with Crippen molar-refractivity contribution in [3.05, 3.63) is 102 Å². The number of amides is 1. The summed E-state index contributed by atoms with van der Waals surface area (Å²) in [7, 11) is 1.98. The van der Waals surface area contributed by atoms with Crippen LogP contribution in [0.25, 0.3) is 11.0 Å². The second kappa shape index (κ2) is 11.6. The summed E-state index contributed by atoms with van der Waals surface area (Å²) in [6.07, 6.45) is 1.59. The fraction of sp³-hybridized carbons (Fsp3) is 0.219. The van der Waals surface area contributed by atoms with Crippen molar-refractivity contribution in [2.75, 3.05) is 17.2 Å². The molecule has 0 aliphatic heterocycles. The molecule has 2 heterocycles. The fourth-order valence-electron chi connectivity index (χ4n) is 4.24. The van der Waals surface area contributed by atoms with Gasteiger partial charge in [0.25, 0.3) is 5.91 Å². The Morgan fingerprint density at radius 3 is 2.52 bits per heavy atom. The van der Waals surface area contributed by atoms with Crippen molar-refractivity contribution in [3.63, 3.8) is 0 Å². The van der Waals surface area contributed by atoms with Crippen LogP contribution in [0.3, 0.4) is 0 Å². The molecule has 40 heavy (non-hydrogen) atoms. The molecule has 5 aromatic rings. The first-order chi connectivity index (χ1) is 19.2. The van der Waals surface area contributed by atoms with Gasteiger partial charge in [0.05, 0.1) is 17.6 Å². The molecule has 0 unspecified atom stereocenters. The summed E-state index contributed by atoms with van der Waals surface area (Å²) < 4.78 is 13.6. The van der Waals surface area contributed by atoms with Crippen molar-refractivity contribution in [1.29, 1.82) is 0 Å². The van der Waals surface area contributed by atoms with Crippen LogP contribution in [0.5, 0.6) is 11.5 Å². The largest absolute Gasteiger partial charge is 0.457 e. The molecular formula is C32H33N5O3. The van der Waals surface area contributed by atoms with E-state index < -0.39 is 0 Å². The molecule has 204 valence electrons. The van der Waals surface area contributed by atoms with Gasteiger partial charge in [-0.3, -0.25) is 4.79 Å². The van der Waals surface area contributed by atoms with Crippen molar-refractivity contribution >= 4 is 34.4 Å². The SMILES string of the molecule is Cn1c(Nc2cccc(C(C)(C)C)c2)nc2cc(Oc3ccnc(NC(=O)COCc4ccccc4)c3)ccc21. The summed E-state index contributed by atoms with van der Waals surface area (Å²) in [6, 6.07) is 27.3. The van der Waals surface area contributed by atoms with Gasteiger partial charge in [0, 0.05) is 31.1 Å². The quantitative estimate of drug-likeness (QED) is 0.212. The Balaban J connectivity index is 1.23. The highest BCUT2D eigenvalue weighted by Gasteiger charge is 2.15. The molecule has 8 nitrogen and oxygen atoms in total. The number of carbonyl (C=O) groups is 1. The number of hydrogen-bond donors (Lipinski definition) is 2. The topological polar surface area (TPSA) is 90.3 Å². The summed E-state index contributed by atoms with van der Waals surface area (Å²) in [5.74, 6) is 2.00. The summed E-state index contributed by atoms with van der Waals surface area (Å²) in [4.78, 5) is 21.3. The summed E-state index contributed by atoms with van der Waals surface area (Å²) >= 11 is 0. The molecule has 8 heteroatoms. The normalized spacial score (nSPS) is 11.4. The molecule has 0 saturated heterocycles. The molecule has 0 saturated carbocycles. The van der Waals surface area contributed by atoms with E-state index in [1.54, 1.807) is 18.3 Å². The highest BCUT2D eigenvalue weighted by atomic mass is 16.5. The third-order valence-corrected chi connectivity index (χ3v) is 6.42. The van der Waals surface area contributed by atoms with Crippen molar-refractivity contribution in [2.24, 2.45) is 7.05 Å². The molecule has 0 radical (unpaired) electrons. The molecule has 0 fully saturated rings. The zero-order chi connectivity index (χ0) is 28.1. The van der Waals surface area contributed by atoms with Gasteiger partial charge in [-0.1, -0.05) is 63.2 Å². The predicted molar refractivity (Wildman–Crippen MR) is 158 cm³/mol. The lowest BCUT2D eigenvalue weighted by molar-refractivity contribution is -0.121. The monoisotopic (exact) mass is 535 g/mol. The second-order valence-corrected chi connectivity index (χ2v) is 10.6. The second-order valence-electron chi connectivity index (χ2n) is 10.6. The van der Waals surface area contributed by atoms with E-state index >= 15 is 0 Å². The number of nitrogens with zero attached hydrogens (tertiary/aromatic N) is 3. The molecule has 1 amide bonds. The van der Waals surface area contributed by atoms with E-state index in [1.807, 2.05) is 66.2 Å². The molecule has 2 N–H and O–H groups in total. The van der Waals surface area contributed by atoms with Crippen LogP contribution >= 0.6 is 0 Å². The number of anilines is 3. The maximum absolute atomic E-state index is 12.3. The highest BCUT2D eigenvalue weighted by molar-refractivity contribution is 5.91. The number of hydrogen-bond acceptors (Lipinski definition) is 6. The van der Waals surface area contributed by atoms with E-state index in [-0.39, 0.29) is 17.9 Å². The number of aryl methyl sites for hydroxylation is 1. The van der Waals surface area contributed by atoms with Gasteiger partial charge in [-0.15, -0.1) is 0 Å². The zero-order valence-electron chi connectivity index (χ0n) is 23.1. The van der Waals surface area contributed by atoms with E-state index in [1.165, 1.54) is 5.56 Å². The fourth-order valence-corrected chi connectivity index (χ4v) is 4.24. The van der Waals surface area contributed by atoms with E-state index in [0.717, 1.165) is 28.2 Å². The summed E-state index contributed by atoms with van der Waals surface area (Å²) in [6.45, 7) is 6.88. The van der Waals surface area contributed by atoms with Gasteiger partial charge >= 0.3 is 0 Å². The van der Waals surface area contributed by atoms with Crippen LogP contribution in [0.1, 0.15) is 31.9 Å². The Bertz CT molecular complexity index is 1620. The maximum atomic E-state index is 12.3. The van der Waals surface area contributed by atoms with Crippen molar-refractivity contribution < 1.29 is 14.3 Å². The number of imidazole rings is 1. The number of nitrogens with one attached hydrogen (secondary N) is 2. The van der Waals surface area contributed by atoms with Gasteiger partial charge in [-0.05, 0) is 46.9 Å². The van der Waals surface area contributed by atoms with E-state index in [9.17, 15) is 4.79 Å². The minimum absolute atomic E-state index is 0.0576. The van der Waals surface area contributed by atoms with Gasteiger partial charge in [0.2, 0.25) is 5.95 Å². The Morgan fingerprint density at radius 2 is 1.73 bits per heavy atom. The first kappa shape index (κ1) is 26.9. The summed E-state index contributed by atoms with van der Waals surface area (Å²) in [5, 5.41) is 6.20. The van der Waals surface area contributed by atoms with Gasteiger partial charge in [0.15, 0.2) is 0 Å². The predicted octanol–water partition coefficient (Wildman–Crippen LogP) is 6.96. The average Bonchev–Trinajstić information content (AvgIpc) is 3.23. The van der Waals surface area contributed by atoms with Crippen LogP contribution in [0, 0.1) is 0 Å². The Hall–Kier alpha value is -4.69. The lowest BCUT2D eigenvalue weighted by atomic mass is 9.87. The number of rotatable bonds is 9. The molecule has 0 spiro atoms. The third-order valence-electron chi connectivity index (χ3n) is 6.42. The van der Waals surface area contributed by atoms with E-state index in [2.05, 4.69) is 54.6 Å². The van der Waals surface area contributed by atoms with Gasteiger partial charge in [-0.2, -0.15) is 0 Å². The van der Waals surface area contributed by atoms with Crippen LogP contribution in [0.4, 0.5) is 17.5 Å². The third kappa shape index (κ3) is 6.65. The van der Waals surface area contributed by atoms with Gasteiger partial charge in [-0.25, -0.2) is 9.97 Å². The molecule has 0 atom stereocenters. The number of aromatic nitrogens is 3. The minimum Gasteiger partial charge on any atom is -0.457 e. The Morgan fingerprint density at radius 1 is 0.925 bits per heavy atom. The lowest BCUT2D eigenvalue weighted by Crippen LogP contribution is -2.18. The lowest BCUT2D eigenvalue weighted by Gasteiger charge is -2.20. The van der Waals surface area contributed by atoms with Gasteiger partial charge in [0.1, 0.15) is 23.9 Å². The standard InChI is InChI=1S/C32H33N5O3/c1-32(2,3)23-11-8-12-24(17-23)34-31-35-27-18-25(13-14-28(27)37(31)4)40-26-15-16-33-29(19-26)36-30(38)21-39-20-22-9-6-5-7-10-22/h5-19H,20-21H2,1-4H3,(H,34,35)(H,33,36,38). The van der Waals surface area contributed by atoms with Crippen LogP contribution in [0.15, 0.2) is 91.1 Å². The number of carbonyl (C=O) groups excluding carboxylic acids is 1. The van der Waals surface area contributed by atoms with Crippen LogP contribution in [-0.4, -0.2) is 27.0 Å². The minimum atomic E-state index is -0.288. The summed E-state index contributed by atoms with van der Waals surface area (Å²) in [5.41, 5.74) is 5.07.